The highest BCUT2D eigenvalue weighted by molar-refractivity contribution is 5.83. The number of rotatable bonds is 6. The van der Waals surface area contributed by atoms with Crippen LogP contribution in [0.1, 0.15) is 37.7 Å². The highest BCUT2D eigenvalue weighted by atomic mass is 16.5. The van der Waals surface area contributed by atoms with Crippen molar-refractivity contribution in [3.63, 3.8) is 0 Å². The Morgan fingerprint density at radius 3 is 2.32 bits per heavy atom. The summed E-state index contributed by atoms with van der Waals surface area (Å²) in [6.45, 7) is 10.5. The van der Waals surface area contributed by atoms with Crippen molar-refractivity contribution in [3.05, 3.63) is 17.0 Å². The van der Waals surface area contributed by atoms with Crippen LogP contribution in [-0.4, -0.2) is 46.8 Å². The maximum absolute atomic E-state index is 12.1. The van der Waals surface area contributed by atoms with Gasteiger partial charge in [-0.25, -0.2) is 0 Å². The van der Waals surface area contributed by atoms with Gasteiger partial charge >= 0.3 is 5.97 Å². The molecule has 1 heterocycles. The van der Waals surface area contributed by atoms with E-state index in [0.717, 1.165) is 23.5 Å². The van der Waals surface area contributed by atoms with Crippen LogP contribution >= 0.6 is 0 Å². The highest BCUT2D eigenvalue weighted by Crippen LogP contribution is 2.16. The first-order chi connectivity index (χ1) is 10.1. The van der Waals surface area contributed by atoms with Crippen LogP contribution in [0.2, 0.25) is 0 Å². The molecule has 0 spiro atoms. The van der Waals surface area contributed by atoms with Gasteiger partial charge in [-0.1, -0.05) is 13.8 Å². The van der Waals surface area contributed by atoms with Gasteiger partial charge in [0.25, 0.3) is 5.91 Å². The van der Waals surface area contributed by atoms with Crippen molar-refractivity contribution >= 4 is 11.9 Å². The summed E-state index contributed by atoms with van der Waals surface area (Å²) < 4.78 is 7.14. The van der Waals surface area contributed by atoms with Gasteiger partial charge in [-0.05, 0) is 26.7 Å². The maximum Gasteiger partial charge on any atom is 0.311 e. The van der Waals surface area contributed by atoms with Crippen molar-refractivity contribution in [2.75, 3.05) is 14.1 Å². The quantitative estimate of drug-likeness (QED) is 0.751. The zero-order valence-corrected chi connectivity index (χ0v) is 14.6. The summed E-state index contributed by atoms with van der Waals surface area (Å²) in [6.07, 6.45) is -0.630. The Kier molecular flexibility index (Phi) is 6.14. The van der Waals surface area contributed by atoms with Gasteiger partial charge in [0, 0.05) is 31.9 Å². The Labute approximate surface area is 132 Å². The largest absolute Gasteiger partial charge is 0.452 e. The topological polar surface area (TPSA) is 64.4 Å². The molecule has 1 aromatic rings. The van der Waals surface area contributed by atoms with Crippen LogP contribution < -0.4 is 0 Å². The highest BCUT2D eigenvalue weighted by Gasteiger charge is 2.22. The van der Waals surface area contributed by atoms with Crippen molar-refractivity contribution in [1.82, 2.24) is 14.7 Å². The number of hydrogen-bond acceptors (Lipinski definition) is 4. The molecule has 0 saturated carbocycles. The van der Waals surface area contributed by atoms with Crippen LogP contribution in [-0.2, 0) is 27.3 Å². The van der Waals surface area contributed by atoms with Gasteiger partial charge < -0.3 is 9.64 Å². The molecule has 1 rings (SSSR count). The molecule has 6 heteroatoms. The fraction of sp³-hybridized carbons (Fsp3) is 0.688. The molecule has 0 bridgehead atoms. The van der Waals surface area contributed by atoms with Crippen LogP contribution in [0.3, 0.4) is 0 Å². The van der Waals surface area contributed by atoms with E-state index in [1.807, 2.05) is 18.5 Å². The molecule has 1 atom stereocenters. The molecule has 0 aliphatic rings. The average Bonchev–Trinajstić information content (AvgIpc) is 2.64. The number of carbonyl (C=O) groups is 2. The fourth-order valence-electron chi connectivity index (χ4n) is 2.31. The van der Waals surface area contributed by atoms with Crippen LogP contribution in [0.5, 0.6) is 0 Å². The number of ether oxygens (including phenoxy) is 1. The minimum absolute atomic E-state index is 0.140. The summed E-state index contributed by atoms with van der Waals surface area (Å²) in [5, 5.41) is 4.48. The number of carbonyl (C=O) groups excluding carboxylic acids is 2. The predicted molar refractivity (Wildman–Crippen MR) is 84.5 cm³/mol. The van der Waals surface area contributed by atoms with E-state index >= 15 is 0 Å². The van der Waals surface area contributed by atoms with E-state index < -0.39 is 12.1 Å². The summed E-state index contributed by atoms with van der Waals surface area (Å²) in [7, 11) is 3.27. The molecule has 22 heavy (non-hydrogen) atoms. The van der Waals surface area contributed by atoms with Gasteiger partial charge in [0.05, 0.1) is 12.1 Å². The van der Waals surface area contributed by atoms with Crippen LogP contribution in [0, 0.1) is 19.8 Å². The van der Waals surface area contributed by atoms with Gasteiger partial charge in [-0.15, -0.1) is 0 Å². The first-order valence-corrected chi connectivity index (χ1v) is 7.57. The van der Waals surface area contributed by atoms with Crippen molar-refractivity contribution in [2.45, 2.75) is 53.7 Å². The van der Waals surface area contributed by atoms with Gasteiger partial charge in [0.15, 0.2) is 6.10 Å². The first-order valence-electron chi connectivity index (χ1n) is 7.57. The third-order valence-electron chi connectivity index (χ3n) is 3.49. The molecule has 0 N–H and O–H groups in total. The molecule has 1 aromatic heterocycles. The number of amides is 1. The second-order valence-electron chi connectivity index (χ2n) is 6.27. The van der Waals surface area contributed by atoms with Gasteiger partial charge in [0.1, 0.15) is 0 Å². The summed E-state index contributed by atoms with van der Waals surface area (Å²) >= 11 is 0. The third-order valence-corrected chi connectivity index (χ3v) is 3.49. The average molecular weight is 309 g/mol. The zero-order valence-electron chi connectivity index (χ0n) is 14.6. The monoisotopic (exact) mass is 309 g/mol. The Balaban J connectivity index is 2.76. The van der Waals surface area contributed by atoms with E-state index in [1.54, 1.807) is 21.0 Å². The molecular formula is C16H27N3O3. The van der Waals surface area contributed by atoms with Crippen molar-refractivity contribution in [3.8, 4) is 0 Å². The van der Waals surface area contributed by atoms with E-state index in [1.165, 1.54) is 4.90 Å². The second-order valence-corrected chi connectivity index (χ2v) is 6.27. The Hall–Kier alpha value is -1.85. The summed E-state index contributed by atoms with van der Waals surface area (Å²) in [5.74, 6) is -0.147. The molecule has 0 saturated heterocycles. The number of aromatic nitrogens is 2. The van der Waals surface area contributed by atoms with Gasteiger partial charge in [-0.3, -0.25) is 14.3 Å². The smallest absolute Gasteiger partial charge is 0.311 e. The molecule has 0 aromatic carbocycles. The fourth-order valence-corrected chi connectivity index (χ4v) is 2.31. The van der Waals surface area contributed by atoms with Gasteiger partial charge in [0.2, 0.25) is 0 Å². The van der Waals surface area contributed by atoms with Crippen molar-refractivity contribution in [1.29, 1.82) is 0 Å². The van der Waals surface area contributed by atoms with E-state index in [2.05, 4.69) is 18.9 Å². The zero-order chi connectivity index (χ0) is 17.0. The summed E-state index contributed by atoms with van der Waals surface area (Å²) in [5.41, 5.74) is 2.70. The Morgan fingerprint density at radius 2 is 1.82 bits per heavy atom. The first kappa shape index (κ1) is 18.2. The lowest BCUT2D eigenvalue weighted by atomic mass is 10.1. The molecule has 0 fully saturated rings. The standard InChI is InChI=1S/C16H27N3O3/c1-10(2)9-19-12(4)14(11(3)17-19)8-15(20)22-13(5)16(21)18(6)7/h10,13H,8-9H2,1-7H3. The number of likely N-dealkylation sites (N-methyl/N-ethyl adjacent to an activating group) is 1. The van der Waals surface area contributed by atoms with E-state index in [4.69, 9.17) is 4.74 Å². The van der Waals surface area contributed by atoms with E-state index in [9.17, 15) is 9.59 Å². The maximum atomic E-state index is 12.1. The predicted octanol–water partition coefficient (Wildman–Crippen LogP) is 1.72. The molecule has 0 aliphatic heterocycles. The minimum atomic E-state index is -0.770. The lowest BCUT2D eigenvalue weighted by Gasteiger charge is -2.17. The molecule has 1 amide bonds. The van der Waals surface area contributed by atoms with E-state index in [0.29, 0.717) is 5.92 Å². The van der Waals surface area contributed by atoms with E-state index in [-0.39, 0.29) is 12.3 Å². The van der Waals surface area contributed by atoms with Crippen LogP contribution in [0.4, 0.5) is 0 Å². The normalized spacial score (nSPS) is 12.4. The number of esters is 1. The molecular weight excluding hydrogens is 282 g/mol. The molecule has 124 valence electrons. The van der Waals surface area contributed by atoms with Crippen LogP contribution in [0.15, 0.2) is 0 Å². The lowest BCUT2D eigenvalue weighted by Crippen LogP contribution is -2.35. The minimum Gasteiger partial charge on any atom is -0.452 e. The third kappa shape index (κ3) is 4.58. The van der Waals surface area contributed by atoms with Crippen LogP contribution in [0.25, 0.3) is 0 Å². The SMILES string of the molecule is Cc1nn(CC(C)C)c(C)c1CC(=O)OC(C)C(=O)N(C)C. The lowest BCUT2D eigenvalue weighted by molar-refractivity contribution is -0.157. The number of nitrogens with zero attached hydrogens (tertiary/aromatic N) is 3. The molecule has 0 radical (unpaired) electrons. The Bertz CT molecular complexity index is 547. The molecule has 6 nitrogen and oxygen atoms in total. The van der Waals surface area contributed by atoms with Gasteiger partial charge in [-0.2, -0.15) is 5.10 Å². The summed E-state index contributed by atoms with van der Waals surface area (Å²) in [4.78, 5) is 25.2. The number of aryl methyl sites for hydroxylation is 1. The number of hydrogen-bond donors (Lipinski definition) is 0. The molecule has 1 unspecified atom stereocenters. The molecule has 0 aliphatic carbocycles. The summed E-state index contributed by atoms with van der Waals surface area (Å²) in [6, 6.07) is 0. The van der Waals surface area contributed by atoms with Crippen molar-refractivity contribution < 1.29 is 14.3 Å². The van der Waals surface area contributed by atoms with Crippen molar-refractivity contribution in [2.24, 2.45) is 5.92 Å². The Morgan fingerprint density at radius 1 is 1.23 bits per heavy atom. The second kappa shape index (κ2) is 7.42.